The summed E-state index contributed by atoms with van der Waals surface area (Å²) >= 11 is 0. The van der Waals surface area contributed by atoms with Gasteiger partial charge in [0, 0.05) is 6.54 Å². The average molecular weight is 315 g/mol. The molecule has 1 aromatic carbocycles. The number of benzene rings is 1. The summed E-state index contributed by atoms with van der Waals surface area (Å²) in [5.41, 5.74) is 6.62. The molecule has 1 amide bonds. The Morgan fingerprint density at radius 3 is 2.24 bits per heavy atom. The number of halogens is 1. The number of carbonyl (C=O) groups is 1. The highest BCUT2D eigenvalue weighted by Gasteiger charge is 2.28. The van der Waals surface area contributed by atoms with E-state index >= 15 is 0 Å². The number of amides is 1. The van der Waals surface area contributed by atoms with Crippen LogP contribution in [0.3, 0.4) is 0 Å². The van der Waals surface area contributed by atoms with Crippen LogP contribution in [-0.2, 0) is 4.79 Å². The van der Waals surface area contributed by atoms with Crippen LogP contribution in [0.4, 0.5) is 0 Å². The van der Waals surface area contributed by atoms with Gasteiger partial charge in [0.1, 0.15) is 5.75 Å². The quantitative estimate of drug-likeness (QED) is 0.813. The summed E-state index contributed by atoms with van der Waals surface area (Å²) in [7, 11) is 0. The maximum absolute atomic E-state index is 12.2. The number of hydrogen-bond acceptors (Lipinski definition) is 3. The molecule has 0 radical (unpaired) electrons. The first-order valence-electron chi connectivity index (χ1n) is 7.21. The van der Waals surface area contributed by atoms with E-state index in [-0.39, 0.29) is 23.9 Å². The van der Waals surface area contributed by atoms with Crippen molar-refractivity contribution in [3.05, 3.63) is 29.8 Å². The summed E-state index contributed by atoms with van der Waals surface area (Å²) in [6.07, 6.45) is 1.08. The number of ether oxygens (including phenoxy) is 1. The standard InChI is InChI=1S/C16H26N2O2.ClH/c1-5-16(6-2,11-17)18-15(19)13(4)20-14-9-7-12(3)8-10-14;/h7-10,13H,5-6,11,17H2,1-4H3,(H,18,19);1H. The third kappa shape index (κ3) is 5.56. The first-order valence-corrected chi connectivity index (χ1v) is 7.21. The molecule has 1 unspecified atom stereocenters. The second-order valence-electron chi connectivity index (χ2n) is 5.25. The number of aryl methyl sites for hydroxylation is 1. The monoisotopic (exact) mass is 314 g/mol. The van der Waals surface area contributed by atoms with Crippen molar-refractivity contribution in [1.82, 2.24) is 5.32 Å². The number of rotatable bonds is 7. The van der Waals surface area contributed by atoms with Gasteiger partial charge in [-0.1, -0.05) is 31.5 Å². The summed E-state index contributed by atoms with van der Waals surface area (Å²) in [4.78, 5) is 12.2. The van der Waals surface area contributed by atoms with Gasteiger partial charge in [0.05, 0.1) is 5.54 Å². The Morgan fingerprint density at radius 1 is 1.29 bits per heavy atom. The SMILES string of the molecule is CCC(CC)(CN)NC(=O)C(C)Oc1ccc(C)cc1.Cl. The number of nitrogens with two attached hydrogens (primary N) is 1. The summed E-state index contributed by atoms with van der Waals surface area (Å²) in [5, 5.41) is 3.02. The largest absolute Gasteiger partial charge is 0.481 e. The van der Waals surface area contributed by atoms with E-state index in [9.17, 15) is 4.79 Å². The molecule has 0 aromatic heterocycles. The van der Waals surface area contributed by atoms with Crippen LogP contribution < -0.4 is 15.8 Å². The van der Waals surface area contributed by atoms with Gasteiger partial charge in [-0.25, -0.2) is 0 Å². The summed E-state index contributed by atoms with van der Waals surface area (Å²) < 4.78 is 5.66. The number of hydrogen-bond donors (Lipinski definition) is 2. The summed E-state index contributed by atoms with van der Waals surface area (Å²) in [6, 6.07) is 7.66. The maximum Gasteiger partial charge on any atom is 0.261 e. The van der Waals surface area contributed by atoms with Crippen LogP contribution in [0.2, 0.25) is 0 Å². The molecular weight excluding hydrogens is 288 g/mol. The van der Waals surface area contributed by atoms with Crippen molar-refractivity contribution in [3.8, 4) is 5.75 Å². The fraction of sp³-hybridized carbons (Fsp3) is 0.562. The van der Waals surface area contributed by atoms with E-state index in [0.29, 0.717) is 12.3 Å². The lowest BCUT2D eigenvalue weighted by Gasteiger charge is -2.32. The molecule has 5 heteroatoms. The Hall–Kier alpha value is -1.26. The Kier molecular flexibility index (Phi) is 8.37. The zero-order valence-electron chi connectivity index (χ0n) is 13.3. The van der Waals surface area contributed by atoms with Crippen LogP contribution in [0.1, 0.15) is 39.2 Å². The molecule has 1 atom stereocenters. The fourth-order valence-electron chi connectivity index (χ4n) is 2.00. The van der Waals surface area contributed by atoms with Gasteiger partial charge in [0.2, 0.25) is 0 Å². The average Bonchev–Trinajstić information content (AvgIpc) is 2.47. The molecule has 4 nitrogen and oxygen atoms in total. The van der Waals surface area contributed by atoms with Crippen LogP contribution in [0, 0.1) is 6.92 Å². The second kappa shape index (κ2) is 8.90. The predicted octanol–water partition coefficient (Wildman–Crippen LogP) is 2.82. The Balaban J connectivity index is 0.00000400. The highest BCUT2D eigenvalue weighted by molar-refractivity contribution is 5.85. The van der Waals surface area contributed by atoms with Gasteiger partial charge in [0.15, 0.2) is 6.10 Å². The van der Waals surface area contributed by atoms with E-state index in [0.717, 1.165) is 18.4 Å². The zero-order valence-corrected chi connectivity index (χ0v) is 14.1. The molecule has 0 bridgehead atoms. The third-order valence-corrected chi connectivity index (χ3v) is 3.84. The van der Waals surface area contributed by atoms with Gasteiger partial charge in [-0.05, 0) is 38.8 Å². The maximum atomic E-state index is 12.2. The van der Waals surface area contributed by atoms with E-state index in [1.54, 1.807) is 6.92 Å². The molecule has 0 saturated carbocycles. The minimum Gasteiger partial charge on any atom is -0.481 e. The predicted molar refractivity (Wildman–Crippen MR) is 89.0 cm³/mol. The van der Waals surface area contributed by atoms with Crippen LogP contribution in [0.15, 0.2) is 24.3 Å². The molecule has 21 heavy (non-hydrogen) atoms. The van der Waals surface area contributed by atoms with E-state index in [2.05, 4.69) is 5.32 Å². The van der Waals surface area contributed by atoms with Crippen LogP contribution in [-0.4, -0.2) is 24.1 Å². The van der Waals surface area contributed by atoms with Gasteiger partial charge >= 0.3 is 0 Å². The molecule has 0 fully saturated rings. The Morgan fingerprint density at radius 2 is 1.81 bits per heavy atom. The van der Waals surface area contributed by atoms with Crippen molar-refractivity contribution in [3.63, 3.8) is 0 Å². The van der Waals surface area contributed by atoms with Gasteiger partial charge in [-0.3, -0.25) is 4.79 Å². The molecule has 0 spiro atoms. The van der Waals surface area contributed by atoms with Gasteiger partial charge in [-0.2, -0.15) is 0 Å². The molecule has 0 aliphatic carbocycles. The molecule has 1 rings (SSSR count). The van der Waals surface area contributed by atoms with Crippen molar-refractivity contribution in [2.24, 2.45) is 5.73 Å². The Labute approximate surface area is 133 Å². The van der Waals surface area contributed by atoms with Crippen LogP contribution in [0.25, 0.3) is 0 Å². The lowest BCUT2D eigenvalue weighted by atomic mass is 9.92. The van der Waals surface area contributed by atoms with Crippen molar-refractivity contribution in [2.45, 2.75) is 52.2 Å². The highest BCUT2D eigenvalue weighted by atomic mass is 35.5. The van der Waals surface area contributed by atoms with Crippen LogP contribution in [0.5, 0.6) is 5.75 Å². The smallest absolute Gasteiger partial charge is 0.261 e. The molecular formula is C16H27ClN2O2. The minimum atomic E-state index is -0.540. The van der Waals surface area contributed by atoms with Crippen molar-refractivity contribution < 1.29 is 9.53 Å². The third-order valence-electron chi connectivity index (χ3n) is 3.84. The van der Waals surface area contributed by atoms with E-state index in [4.69, 9.17) is 10.5 Å². The van der Waals surface area contributed by atoms with E-state index in [1.807, 2.05) is 45.0 Å². The minimum absolute atomic E-state index is 0. The normalized spacial score (nSPS) is 12.2. The molecule has 120 valence electrons. The first kappa shape index (κ1) is 19.7. The number of nitrogens with one attached hydrogen (secondary N) is 1. The Bertz CT molecular complexity index is 422. The molecule has 0 saturated heterocycles. The van der Waals surface area contributed by atoms with Crippen molar-refractivity contribution in [1.29, 1.82) is 0 Å². The zero-order chi connectivity index (χ0) is 15.2. The fourth-order valence-corrected chi connectivity index (χ4v) is 2.00. The molecule has 3 N–H and O–H groups in total. The number of carbonyl (C=O) groups excluding carboxylic acids is 1. The highest BCUT2D eigenvalue weighted by Crippen LogP contribution is 2.16. The van der Waals surface area contributed by atoms with Gasteiger partial charge in [-0.15, -0.1) is 12.4 Å². The van der Waals surface area contributed by atoms with E-state index in [1.165, 1.54) is 0 Å². The van der Waals surface area contributed by atoms with Gasteiger partial charge < -0.3 is 15.8 Å². The summed E-state index contributed by atoms with van der Waals surface area (Å²) in [5.74, 6) is 0.573. The second-order valence-corrected chi connectivity index (χ2v) is 5.25. The molecule has 1 aromatic rings. The molecule has 0 aliphatic heterocycles. The lowest BCUT2D eigenvalue weighted by molar-refractivity contribution is -0.129. The van der Waals surface area contributed by atoms with Crippen molar-refractivity contribution in [2.75, 3.05) is 6.54 Å². The molecule has 0 aliphatic rings. The van der Waals surface area contributed by atoms with Crippen molar-refractivity contribution >= 4 is 18.3 Å². The summed E-state index contributed by atoms with van der Waals surface area (Å²) in [6.45, 7) is 8.26. The van der Waals surface area contributed by atoms with Gasteiger partial charge in [0.25, 0.3) is 5.91 Å². The van der Waals surface area contributed by atoms with E-state index < -0.39 is 6.10 Å². The lowest BCUT2D eigenvalue weighted by Crippen LogP contribution is -2.55. The van der Waals surface area contributed by atoms with Crippen LogP contribution >= 0.6 is 12.4 Å². The molecule has 0 heterocycles. The first-order chi connectivity index (χ1) is 9.46. The topological polar surface area (TPSA) is 64.3 Å².